The zero-order chi connectivity index (χ0) is 15.9. The van der Waals surface area contributed by atoms with Crippen LogP contribution in [-0.4, -0.2) is 27.3 Å². The molecule has 0 saturated heterocycles. The summed E-state index contributed by atoms with van der Waals surface area (Å²) >= 11 is 2.98. The van der Waals surface area contributed by atoms with Gasteiger partial charge >= 0.3 is 6.03 Å². The largest absolute Gasteiger partial charge is 0.335 e. The molecule has 1 aliphatic rings. The maximum Gasteiger partial charge on any atom is 0.321 e. The first-order valence-corrected chi connectivity index (χ1v) is 9.52. The van der Waals surface area contributed by atoms with Crippen molar-refractivity contribution in [2.24, 2.45) is 0 Å². The predicted octanol–water partition coefficient (Wildman–Crippen LogP) is 3.68. The van der Waals surface area contributed by atoms with Crippen molar-refractivity contribution in [3.05, 3.63) is 30.1 Å². The lowest BCUT2D eigenvalue weighted by Crippen LogP contribution is -2.38. The second-order valence-electron chi connectivity index (χ2n) is 5.46. The Hall–Kier alpha value is -1.67. The highest BCUT2D eigenvalue weighted by Crippen LogP contribution is 2.28. The Balaban J connectivity index is 1.45. The number of hydrogen-bond donors (Lipinski definition) is 2. The summed E-state index contributed by atoms with van der Waals surface area (Å²) in [7, 11) is 0. The minimum absolute atomic E-state index is 0.183. The Kier molecular flexibility index (Phi) is 5.82. The lowest BCUT2D eigenvalue weighted by atomic mass is 9.96. The van der Waals surface area contributed by atoms with Gasteiger partial charge in [-0.25, -0.2) is 4.79 Å². The molecule has 8 heteroatoms. The monoisotopic (exact) mass is 349 g/mol. The number of aromatic nitrogens is 3. The van der Waals surface area contributed by atoms with Crippen LogP contribution in [0.1, 0.15) is 37.7 Å². The first-order chi connectivity index (χ1) is 11.3. The second-order valence-corrected chi connectivity index (χ2v) is 7.66. The fourth-order valence-electron chi connectivity index (χ4n) is 2.51. The van der Waals surface area contributed by atoms with Gasteiger partial charge in [0.1, 0.15) is 0 Å². The van der Waals surface area contributed by atoms with Gasteiger partial charge in [0, 0.05) is 24.2 Å². The normalized spacial score (nSPS) is 15.3. The molecule has 0 aliphatic heterocycles. The van der Waals surface area contributed by atoms with Crippen LogP contribution >= 0.6 is 23.1 Å². The molecule has 6 nitrogen and oxygen atoms in total. The van der Waals surface area contributed by atoms with Crippen molar-refractivity contribution in [1.82, 2.24) is 20.5 Å². The van der Waals surface area contributed by atoms with E-state index in [-0.39, 0.29) is 12.1 Å². The number of amides is 2. The van der Waals surface area contributed by atoms with Crippen LogP contribution in [0.2, 0.25) is 0 Å². The molecular formula is C15H19N5OS2. The highest BCUT2D eigenvalue weighted by molar-refractivity contribution is 8.00. The predicted molar refractivity (Wildman–Crippen MR) is 92.7 cm³/mol. The minimum atomic E-state index is -0.183. The van der Waals surface area contributed by atoms with E-state index in [4.69, 9.17) is 0 Å². The van der Waals surface area contributed by atoms with Gasteiger partial charge < -0.3 is 5.32 Å². The molecule has 1 aliphatic carbocycles. The van der Waals surface area contributed by atoms with Gasteiger partial charge in [0.2, 0.25) is 5.13 Å². The molecule has 2 aromatic rings. The van der Waals surface area contributed by atoms with Gasteiger partial charge in [0.25, 0.3) is 0 Å². The van der Waals surface area contributed by atoms with E-state index in [2.05, 4.69) is 25.8 Å². The van der Waals surface area contributed by atoms with E-state index < -0.39 is 0 Å². The molecule has 2 aromatic heterocycles. The first kappa shape index (κ1) is 16.2. The molecule has 23 heavy (non-hydrogen) atoms. The van der Waals surface area contributed by atoms with Crippen molar-refractivity contribution in [3.8, 4) is 0 Å². The summed E-state index contributed by atoms with van der Waals surface area (Å²) in [6.07, 6.45) is 9.38. The van der Waals surface area contributed by atoms with Crippen LogP contribution in [0.3, 0.4) is 0 Å². The van der Waals surface area contributed by atoms with Crippen LogP contribution in [0.15, 0.2) is 28.9 Å². The Morgan fingerprint density at radius 2 is 2.17 bits per heavy atom. The summed E-state index contributed by atoms with van der Waals surface area (Å²) in [6, 6.07) is 4.05. The number of nitrogens with zero attached hydrogens (tertiary/aromatic N) is 3. The van der Waals surface area contributed by atoms with Gasteiger partial charge in [-0.15, -0.1) is 10.2 Å². The van der Waals surface area contributed by atoms with Gasteiger partial charge in [-0.05, 0) is 24.5 Å². The molecule has 122 valence electrons. The average molecular weight is 349 g/mol. The van der Waals surface area contributed by atoms with Crippen LogP contribution in [0.25, 0.3) is 0 Å². The molecule has 0 aromatic carbocycles. The van der Waals surface area contributed by atoms with E-state index in [1.165, 1.54) is 30.6 Å². The van der Waals surface area contributed by atoms with Crippen LogP contribution in [-0.2, 0) is 5.75 Å². The van der Waals surface area contributed by atoms with E-state index in [0.29, 0.717) is 5.13 Å². The second kappa shape index (κ2) is 8.26. The molecule has 0 radical (unpaired) electrons. The summed E-state index contributed by atoms with van der Waals surface area (Å²) in [5, 5.41) is 14.4. The number of thioether (sulfide) groups is 1. The first-order valence-electron chi connectivity index (χ1n) is 7.72. The number of carbonyl (C=O) groups excluding carboxylic acids is 1. The molecule has 2 amide bonds. The highest BCUT2D eigenvalue weighted by Gasteiger charge is 2.16. The van der Waals surface area contributed by atoms with Gasteiger partial charge in [-0.3, -0.25) is 10.3 Å². The van der Waals surface area contributed by atoms with Crippen LogP contribution in [0, 0.1) is 0 Å². The molecule has 1 fully saturated rings. The Labute approximate surface area is 143 Å². The van der Waals surface area contributed by atoms with E-state index in [0.717, 1.165) is 28.5 Å². The average Bonchev–Trinajstić information content (AvgIpc) is 3.02. The zero-order valence-electron chi connectivity index (χ0n) is 12.7. The number of pyridine rings is 1. The molecular weight excluding hydrogens is 330 g/mol. The summed E-state index contributed by atoms with van der Waals surface area (Å²) in [4.78, 5) is 16.1. The molecule has 2 N–H and O–H groups in total. The van der Waals surface area contributed by atoms with Gasteiger partial charge in [-0.2, -0.15) is 0 Å². The molecule has 0 unspecified atom stereocenters. The van der Waals surface area contributed by atoms with Crippen molar-refractivity contribution < 1.29 is 4.79 Å². The van der Waals surface area contributed by atoms with Crippen LogP contribution in [0.4, 0.5) is 9.93 Å². The number of carbonyl (C=O) groups is 1. The Morgan fingerprint density at radius 3 is 2.96 bits per heavy atom. The van der Waals surface area contributed by atoms with Crippen molar-refractivity contribution in [1.29, 1.82) is 0 Å². The lowest BCUT2D eigenvalue weighted by Gasteiger charge is -2.22. The summed E-state index contributed by atoms with van der Waals surface area (Å²) < 4.78 is 0.835. The van der Waals surface area contributed by atoms with Crippen LogP contribution in [0.5, 0.6) is 0 Å². The SMILES string of the molecule is O=C(Nc1nnc(SCc2cccnc2)s1)NC1CCCCC1. The highest BCUT2D eigenvalue weighted by atomic mass is 32.2. The fourth-order valence-corrected chi connectivity index (χ4v) is 4.19. The maximum absolute atomic E-state index is 12.0. The number of hydrogen-bond acceptors (Lipinski definition) is 6. The van der Waals surface area contributed by atoms with Gasteiger partial charge in [-0.1, -0.05) is 48.4 Å². The third kappa shape index (κ3) is 5.18. The summed E-state index contributed by atoms with van der Waals surface area (Å²) in [5.74, 6) is 0.788. The molecule has 0 spiro atoms. The van der Waals surface area contributed by atoms with Gasteiger partial charge in [0.15, 0.2) is 4.34 Å². The number of urea groups is 1. The van der Waals surface area contributed by atoms with Crippen molar-refractivity contribution in [2.75, 3.05) is 5.32 Å². The van der Waals surface area contributed by atoms with E-state index in [9.17, 15) is 4.79 Å². The summed E-state index contributed by atoms with van der Waals surface area (Å²) in [5.41, 5.74) is 1.14. The fraction of sp³-hybridized carbons (Fsp3) is 0.467. The minimum Gasteiger partial charge on any atom is -0.335 e. The number of anilines is 1. The van der Waals surface area contributed by atoms with Crippen molar-refractivity contribution >= 4 is 34.3 Å². The standard InChI is InChI=1S/C15H19N5OS2/c21-13(17-12-6-2-1-3-7-12)18-14-19-20-15(23-14)22-10-11-5-4-8-16-9-11/h4-5,8-9,12H,1-3,6-7,10H2,(H2,17,18,19,21). The smallest absolute Gasteiger partial charge is 0.321 e. The number of nitrogens with one attached hydrogen (secondary N) is 2. The third-order valence-corrected chi connectivity index (χ3v) is 5.70. The van der Waals surface area contributed by atoms with Crippen molar-refractivity contribution in [2.45, 2.75) is 48.2 Å². The summed E-state index contributed by atoms with van der Waals surface area (Å²) in [6.45, 7) is 0. The number of rotatable bonds is 5. The molecule has 1 saturated carbocycles. The molecule has 3 rings (SSSR count). The maximum atomic E-state index is 12.0. The Morgan fingerprint density at radius 1 is 1.30 bits per heavy atom. The van der Waals surface area contributed by atoms with Gasteiger partial charge in [0.05, 0.1) is 0 Å². The van der Waals surface area contributed by atoms with E-state index in [1.807, 2.05) is 18.3 Å². The zero-order valence-corrected chi connectivity index (χ0v) is 14.3. The van der Waals surface area contributed by atoms with Crippen LogP contribution < -0.4 is 10.6 Å². The van der Waals surface area contributed by atoms with E-state index in [1.54, 1.807) is 18.0 Å². The lowest BCUT2D eigenvalue weighted by molar-refractivity contribution is 0.244. The molecule has 0 bridgehead atoms. The topological polar surface area (TPSA) is 79.8 Å². The molecule has 0 atom stereocenters. The van der Waals surface area contributed by atoms with Crippen molar-refractivity contribution in [3.63, 3.8) is 0 Å². The quantitative estimate of drug-likeness (QED) is 0.636. The third-order valence-electron chi connectivity index (χ3n) is 3.65. The molecule has 2 heterocycles. The van der Waals surface area contributed by atoms with E-state index >= 15 is 0 Å². The Bertz CT molecular complexity index is 628.